The molecule has 0 bridgehead atoms. The van der Waals surface area contributed by atoms with Crippen LogP contribution in [0, 0.1) is 0 Å². The van der Waals surface area contributed by atoms with Crippen molar-refractivity contribution in [2.45, 2.75) is 103 Å². The van der Waals surface area contributed by atoms with Gasteiger partial charge in [-0.1, -0.05) is 77.5 Å². The average molecular weight is 361 g/mol. The summed E-state index contributed by atoms with van der Waals surface area (Å²) in [6.45, 7) is 9.83. The predicted octanol–water partition coefficient (Wildman–Crippen LogP) is 6.84. The van der Waals surface area contributed by atoms with Crippen LogP contribution < -0.4 is 0 Å². The van der Waals surface area contributed by atoms with Crippen molar-refractivity contribution in [3.8, 4) is 0 Å². The topological polar surface area (TPSA) is 26.3 Å². The fraction of sp³-hybridized carbons (Fsp3) is 0.842. The Bertz CT molecular complexity index is 313. The largest absolute Gasteiger partial charge is 0.460 e. The average Bonchev–Trinajstić information content (AvgIpc) is 2.47. The van der Waals surface area contributed by atoms with Gasteiger partial charge < -0.3 is 4.74 Å². The van der Waals surface area contributed by atoms with Crippen LogP contribution in [0.3, 0.4) is 0 Å². The molecule has 136 valence electrons. The molecule has 0 aliphatic rings. The van der Waals surface area contributed by atoms with Gasteiger partial charge in [0, 0.05) is 6.08 Å². The smallest absolute Gasteiger partial charge is 0.330 e. The third kappa shape index (κ3) is 17.9. The molecule has 0 aromatic heterocycles. The normalized spacial score (nSPS) is 12.9. The van der Waals surface area contributed by atoms with Crippen molar-refractivity contribution >= 4 is 24.4 Å². The Labute approximate surface area is 149 Å². The number of esters is 1. The Morgan fingerprint density at radius 3 is 1.87 bits per heavy atom. The molecule has 1 unspecified atom stereocenters. The Hall–Kier alpha value is -0.283. The van der Waals surface area contributed by atoms with Crippen LogP contribution in [0.2, 0.25) is 19.1 Å². The Kier molecular flexibility index (Phi) is 13.9. The van der Waals surface area contributed by atoms with Gasteiger partial charge in [0.25, 0.3) is 0 Å². The lowest BCUT2D eigenvalue weighted by atomic mass is 10.0. The Balaban J connectivity index is 3.22. The minimum absolute atomic E-state index is 0.0153. The third-order valence-corrected chi connectivity index (χ3v) is 6.23. The highest BCUT2D eigenvalue weighted by Gasteiger charge is 2.15. The fourth-order valence-corrected chi connectivity index (χ4v) is 4.19. The molecule has 4 heteroatoms. The highest BCUT2D eigenvalue weighted by molar-refractivity contribution is 7.19. The van der Waals surface area contributed by atoms with Crippen LogP contribution in [0.5, 0.6) is 0 Å². The zero-order valence-corrected chi connectivity index (χ0v) is 17.3. The lowest BCUT2D eigenvalue weighted by molar-refractivity contribution is -0.142. The van der Waals surface area contributed by atoms with Gasteiger partial charge in [0.1, 0.15) is 7.38 Å². The van der Waals surface area contributed by atoms with E-state index in [1.807, 2.05) is 6.92 Å². The van der Waals surface area contributed by atoms with E-state index < -0.39 is 7.38 Å². The van der Waals surface area contributed by atoms with E-state index >= 15 is 0 Å². The van der Waals surface area contributed by atoms with E-state index in [0.29, 0.717) is 0 Å². The molecule has 0 rings (SSSR count). The molecule has 0 fully saturated rings. The second-order valence-corrected chi connectivity index (χ2v) is 14.3. The highest BCUT2D eigenvalue weighted by atomic mass is 35.6. The molecule has 0 aromatic carbocycles. The summed E-state index contributed by atoms with van der Waals surface area (Å²) in [6, 6.07) is 1.26. The first-order valence-corrected chi connectivity index (χ1v) is 13.6. The molecule has 0 aliphatic carbocycles. The third-order valence-electron chi connectivity index (χ3n) is 4.12. The molecule has 2 nitrogen and oxygen atoms in total. The summed E-state index contributed by atoms with van der Waals surface area (Å²) in [5.74, 6) is -0.311. The monoisotopic (exact) mass is 360 g/mol. The molecule has 0 amide bonds. The molecule has 0 aromatic rings. The molecular formula is C19H37ClO2Si. The van der Waals surface area contributed by atoms with Crippen LogP contribution in [-0.2, 0) is 9.53 Å². The van der Waals surface area contributed by atoms with Crippen LogP contribution in [0.4, 0.5) is 0 Å². The van der Waals surface area contributed by atoms with E-state index in [1.165, 1.54) is 69.9 Å². The van der Waals surface area contributed by atoms with Gasteiger partial charge in [0.15, 0.2) is 0 Å². The summed E-state index contributed by atoms with van der Waals surface area (Å²) in [4.78, 5) is 11.0. The summed E-state index contributed by atoms with van der Waals surface area (Å²) in [5.41, 5.74) is 0. The minimum Gasteiger partial charge on any atom is -0.460 e. The van der Waals surface area contributed by atoms with Gasteiger partial charge in [-0.3, -0.25) is 0 Å². The van der Waals surface area contributed by atoms with Gasteiger partial charge in [-0.2, -0.15) is 11.1 Å². The van der Waals surface area contributed by atoms with E-state index in [1.54, 1.807) is 0 Å². The van der Waals surface area contributed by atoms with Gasteiger partial charge >= 0.3 is 5.97 Å². The molecule has 23 heavy (non-hydrogen) atoms. The molecule has 0 aliphatic heterocycles. The first kappa shape index (κ1) is 22.7. The molecule has 0 saturated heterocycles. The van der Waals surface area contributed by atoms with Crippen molar-refractivity contribution in [1.82, 2.24) is 0 Å². The quantitative estimate of drug-likeness (QED) is 0.105. The van der Waals surface area contributed by atoms with Crippen LogP contribution >= 0.6 is 11.1 Å². The number of hydrogen-bond donors (Lipinski definition) is 0. The number of hydrogen-bond acceptors (Lipinski definition) is 2. The number of unbranched alkanes of at least 4 members (excludes halogenated alkanes) is 9. The van der Waals surface area contributed by atoms with E-state index in [2.05, 4.69) is 19.7 Å². The van der Waals surface area contributed by atoms with Crippen molar-refractivity contribution < 1.29 is 9.53 Å². The van der Waals surface area contributed by atoms with E-state index in [0.717, 1.165) is 12.8 Å². The van der Waals surface area contributed by atoms with Crippen molar-refractivity contribution in [3.63, 3.8) is 0 Å². The summed E-state index contributed by atoms with van der Waals surface area (Å²) in [7, 11) is -1.33. The SMILES string of the molecule is C=CC(=O)OC(C)CCCCCCCCCCCC[Si](C)(C)Cl. The first-order chi connectivity index (χ1) is 10.8. The summed E-state index contributed by atoms with van der Waals surface area (Å²) < 4.78 is 5.15. The molecule has 0 spiro atoms. The van der Waals surface area contributed by atoms with Gasteiger partial charge in [0.05, 0.1) is 6.10 Å². The van der Waals surface area contributed by atoms with Gasteiger partial charge in [0.2, 0.25) is 0 Å². The maximum absolute atomic E-state index is 11.0. The number of carbonyl (C=O) groups is 1. The van der Waals surface area contributed by atoms with Crippen LogP contribution in [0.15, 0.2) is 12.7 Å². The lowest BCUT2D eigenvalue weighted by Crippen LogP contribution is -2.14. The van der Waals surface area contributed by atoms with Crippen LogP contribution in [0.25, 0.3) is 0 Å². The highest BCUT2D eigenvalue weighted by Crippen LogP contribution is 2.19. The zero-order valence-electron chi connectivity index (χ0n) is 15.5. The predicted molar refractivity (Wildman–Crippen MR) is 105 cm³/mol. The second-order valence-electron chi connectivity index (χ2n) is 7.24. The fourth-order valence-electron chi connectivity index (χ4n) is 2.70. The van der Waals surface area contributed by atoms with Crippen molar-refractivity contribution in [1.29, 1.82) is 0 Å². The molecular weight excluding hydrogens is 324 g/mol. The van der Waals surface area contributed by atoms with Crippen molar-refractivity contribution in [3.05, 3.63) is 12.7 Å². The summed E-state index contributed by atoms with van der Waals surface area (Å²) in [6.07, 6.45) is 15.4. The van der Waals surface area contributed by atoms with Crippen LogP contribution in [0.1, 0.15) is 77.6 Å². The number of carbonyl (C=O) groups excluding carboxylic acids is 1. The Morgan fingerprint density at radius 1 is 1.00 bits per heavy atom. The molecule has 0 radical (unpaired) electrons. The first-order valence-electron chi connectivity index (χ1n) is 9.37. The van der Waals surface area contributed by atoms with Crippen molar-refractivity contribution in [2.24, 2.45) is 0 Å². The zero-order chi connectivity index (χ0) is 17.6. The number of halogens is 1. The standard InChI is InChI=1S/C19H37ClO2Si/c1-5-19(21)22-18(2)16-14-12-10-8-6-7-9-11-13-15-17-23(3,4)20/h5,18H,1,6-17H2,2-4H3. The maximum atomic E-state index is 11.0. The van der Waals surface area contributed by atoms with Gasteiger partial charge in [-0.15, -0.1) is 0 Å². The summed E-state index contributed by atoms with van der Waals surface area (Å²) in [5, 5.41) is 0. The molecule has 0 heterocycles. The molecule has 1 atom stereocenters. The number of rotatable bonds is 15. The van der Waals surface area contributed by atoms with Gasteiger partial charge in [-0.25, -0.2) is 4.79 Å². The van der Waals surface area contributed by atoms with Crippen molar-refractivity contribution in [2.75, 3.05) is 0 Å². The lowest BCUT2D eigenvalue weighted by Gasteiger charge is -2.12. The van der Waals surface area contributed by atoms with E-state index in [9.17, 15) is 4.79 Å². The van der Waals surface area contributed by atoms with Crippen LogP contribution in [-0.4, -0.2) is 19.5 Å². The minimum atomic E-state index is -1.33. The Morgan fingerprint density at radius 2 is 1.43 bits per heavy atom. The number of ether oxygens (including phenoxy) is 1. The van der Waals surface area contributed by atoms with E-state index in [-0.39, 0.29) is 12.1 Å². The second kappa shape index (κ2) is 14.1. The summed E-state index contributed by atoms with van der Waals surface area (Å²) >= 11 is 6.32. The molecule has 0 N–H and O–H groups in total. The molecule has 0 saturated carbocycles. The van der Waals surface area contributed by atoms with Gasteiger partial charge in [-0.05, 0) is 25.8 Å². The maximum Gasteiger partial charge on any atom is 0.330 e. The van der Waals surface area contributed by atoms with E-state index in [4.69, 9.17) is 15.8 Å².